The van der Waals surface area contributed by atoms with Gasteiger partial charge in [0.05, 0.1) is 6.10 Å². The first-order chi connectivity index (χ1) is 9.69. The van der Waals surface area contributed by atoms with Gasteiger partial charge in [-0.25, -0.2) is 4.79 Å². The van der Waals surface area contributed by atoms with Gasteiger partial charge in [0.25, 0.3) is 0 Å². The summed E-state index contributed by atoms with van der Waals surface area (Å²) >= 11 is 1.90. The van der Waals surface area contributed by atoms with Crippen LogP contribution in [-0.2, 0) is 4.74 Å². The first-order valence-corrected chi connectivity index (χ1v) is 8.12. The molecule has 110 valence electrons. The van der Waals surface area contributed by atoms with E-state index in [2.05, 4.69) is 10.6 Å². The second kappa shape index (κ2) is 7.55. The number of rotatable bonds is 4. The second-order valence-electron chi connectivity index (χ2n) is 5.02. The molecule has 1 aliphatic rings. The van der Waals surface area contributed by atoms with Gasteiger partial charge in [-0.3, -0.25) is 0 Å². The Hall–Kier alpha value is -1.20. The van der Waals surface area contributed by atoms with E-state index in [1.807, 2.05) is 43.0 Å². The molecule has 0 bridgehead atoms. The number of thioether (sulfide) groups is 1. The fourth-order valence-corrected chi connectivity index (χ4v) is 3.28. The van der Waals surface area contributed by atoms with Crippen LogP contribution in [0.3, 0.4) is 0 Å². The molecule has 2 N–H and O–H groups in total. The van der Waals surface area contributed by atoms with Crippen LogP contribution in [0.2, 0.25) is 0 Å². The van der Waals surface area contributed by atoms with Gasteiger partial charge in [-0.05, 0) is 43.2 Å². The zero-order chi connectivity index (χ0) is 14.4. The molecule has 2 amide bonds. The third-order valence-corrected chi connectivity index (χ3v) is 4.68. The Bertz CT molecular complexity index is 447. The van der Waals surface area contributed by atoms with Gasteiger partial charge in [-0.15, -0.1) is 0 Å². The Morgan fingerprint density at radius 3 is 3.05 bits per heavy atom. The van der Waals surface area contributed by atoms with Crippen molar-refractivity contribution in [3.05, 3.63) is 29.8 Å². The summed E-state index contributed by atoms with van der Waals surface area (Å²) in [5.74, 6) is 2.21. The van der Waals surface area contributed by atoms with Crippen molar-refractivity contribution in [3.63, 3.8) is 0 Å². The molecular weight excluding hydrogens is 272 g/mol. The number of ether oxygens (including phenoxy) is 1. The van der Waals surface area contributed by atoms with Gasteiger partial charge in [0.2, 0.25) is 0 Å². The Kier molecular flexibility index (Phi) is 5.73. The molecular formula is C15H22N2O2S. The molecule has 1 fully saturated rings. The van der Waals surface area contributed by atoms with Crippen LogP contribution < -0.4 is 10.6 Å². The molecule has 0 aromatic heterocycles. The van der Waals surface area contributed by atoms with Gasteiger partial charge in [-0.2, -0.15) is 11.8 Å². The van der Waals surface area contributed by atoms with Gasteiger partial charge in [0.1, 0.15) is 0 Å². The summed E-state index contributed by atoms with van der Waals surface area (Å²) in [7, 11) is 1.68. The van der Waals surface area contributed by atoms with Crippen LogP contribution in [0.25, 0.3) is 0 Å². The molecule has 1 saturated heterocycles. The number of urea groups is 1. The number of hydrogen-bond donors (Lipinski definition) is 2. The zero-order valence-corrected chi connectivity index (χ0v) is 12.8. The number of anilines is 1. The van der Waals surface area contributed by atoms with Crippen LogP contribution in [0.4, 0.5) is 10.5 Å². The molecule has 4 nitrogen and oxygen atoms in total. The lowest BCUT2D eigenvalue weighted by atomic mass is 10.1. The zero-order valence-electron chi connectivity index (χ0n) is 12.0. The normalized spacial score (nSPS) is 20.2. The Morgan fingerprint density at radius 1 is 1.50 bits per heavy atom. The third kappa shape index (κ3) is 4.42. The summed E-state index contributed by atoms with van der Waals surface area (Å²) in [5.41, 5.74) is 1.85. The lowest BCUT2D eigenvalue weighted by Gasteiger charge is -2.22. The molecule has 0 spiro atoms. The molecule has 0 radical (unpaired) electrons. The maximum absolute atomic E-state index is 12.0. The molecule has 1 aromatic carbocycles. The molecule has 20 heavy (non-hydrogen) atoms. The van der Waals surface area contributed by atoms with Crippen molar-refractivity contribution < 1.29 is 9.53 Å². The predicted molar refractivity (Wildman–Crippen MR) is 84.4 cm³/mol. The monoisotopic (exact) mass is 294 g/mol. The summed E-state index contributed by atoms with van der Waals surface area (Å²) in [4.78, 5) is 12.0. The highest BCUT2D eigenvalue weighted by Gasteiger charge is 2.16. The van der Waals surface area contributed by atoms with Crippen LogP contribution in [0.15, 0.2) is 24.3 Å². The summed E-state index contributed by atoms with van der Waals surface area (Å²) < 4.78 is 5.29. The van der Waals surface area contributed by atoms with Crippen molar-refractivity contribution in [3.8, 4) is 0 Å². The molecule has 2 rings (SSSR count). The summed E-state index contributed by atoms with van der Waals surface area (Å²) in [5, 5.41) is 5.92. The smallest absolute Gasteiger partial charge is 0.319 e. The SMILES string of the molecule is CO[C@H](C)c1cccc(NC(=O)N[C@@H]2CCCSC2)c1. The fraction of sp³-hybridized carbons (Fsp3) is 0.533. The van der Waals surface area contributed by atoms with Gasteiger partial charge in [-0.1, -0.05) is 12.1 Å². The number of carbonyl (C=O) groups is 1. The minimum absolute atomic E-state index is 0.0227. The Morgan fingerprint density at radius 2 is 2.35 bits per heavy atom. The molecule has 0 unspecified atom stereocenters. The van der Waals surface area contributed by atoms with Crippen molar-refractivity contribution in [2.24, 2.45) is 0 Å². The number of hydrogen-bond acceptors (Lipinski definition) is 3. The Labute approximate surface area is 124 Å². The summed E-state index contributed by atoms with van der Waals surface area (Å²) in [6.45, 7) is 1.98. The number of nitrogens with one attached hydrogen (secondary N) is 2. The highest BCUT2D eigenvalue weighted by Crippen LogP contribution is 2.20. The van der Waals surface area contributed by atoms with E-state index in [1.165, 1.54) is 12.2 Å². The summed E-state index contributed by atoms with van der Waals surface area (Å²) in [6.07, 6.45) is 2.27. The van der Waals surface area contributed by atoms with Crippen LogP contribution in [0, 0.1) is 0 Å². The molecule has 0 saturated carbocycles. The largest absolute Gasteiger partial charge is 0.377 e. The van der Waals surface area contributed by atoms with Crippen molar-refractivity contribution in [2.45, 2.75) is 31.9 Å². The lowest BCUT2D eigenvalue weighted by Crippen LogP contribution is -2.40. The molecule has 2 atom stereocenters. The van der Waals surface area contributed by atoms with Crippen molar-refractivity contribution in [1.29, 1.82) is 0 Å². The van der Waals surface area contributed by atoms with Gasteiger partial charge in [0.15, 0.2) is 0 Å². The number of methoxy groups -OCH3 is 1. The molecule has 0 aliphatic carbocycles. The van der Waals surface area contributed by atoms with E-state index < -0.39 is 0 Å². The second-order valence-corrected chi connectivity index (χ2v) is 6.17. The van der Waals surface area contributed by atoms with E-state index in [9.17, 15) is 4.79 Å². The van der Waals surface area contributed by atoms with Gasteiger partial charge < -0.3 is 15.4 Å². The molecule has 1 aliphatic heterocycles. The van der Waals surface area contributed by atoms with E-state index in [4.69, 9.17) is 4.74 Å². The average molecular weight is 294 g/mol. The van der Waals surface area contributed by atoms with Crippen molar-refractivity contribution in [2.75, 3.05) is 23.9 Å². The predicted octanol–water partition coefficient (Wildman–Crippen LogP) is 3.41. The Balaban J connectivity index is 1.90. The number of carbonyl (C=O) groups excluding carboxylic acids is 1. The van der Waals surface area contributed by atoms with Crippen LogP contribution in [0.1, 0.15) is 31.4 Å². The standard InChI is InChI=1S/C15H22N2O2S/c1-11(19-2)12-5-3-6-13(9-12)16-15(18)17-14-7-4-8-20-10-14/h3,5-6,9,11,14H,4,7-8,10H2,1-2H3,(H2,16,17,18)/t11-,14-/m1/s1. The van der Waals surface area contributed by atoms with Crippen LogP contribution >= 0.6 is 11.8 Å². The first kappa shape index (κ1) is 15.2. The quantitative estimate of drug-likeness (QED) is 0.894. The van der Waals surface area contributed by atoms with Crippen molar-refractivity contribution >= 4 is 23.5 Å². The number of benzene rings is 1. The van der Waals surface area contributed by atoms with E-state index in [0.29, 0.717) is 0 Å². The molecule has 5 heteroatoms. The van der Waals surface area contributed by atoms with Gasteiger partial charge in [0, 0.05) is 24.6 Å². The lowest BCUT2D eigenvalue weighted by molar-refractivity contribution is 0.119. The van der Waals surface area contributed by atoms with Crippen molar-refractivity contribution in [1.82, 2.24) is 5.32 Å². The topological polar surface area (TPSA) is 50.4 Å². The number of amides is 2. The molecule has 1 aromatic rings. The van der Waals surface area contributed by atoms with E-state index in [-0.39, 0.29) is 18.2 Å². The maximum atomic E-state index is 12.0. The van der Waals surface area contributed by atoms with E-state index in [1.54, 1.807) is 7.11 Å². The highest BCUT2D eigenvalue weighted by atomic mass is 32.2. The fourth-order valence-electron chi connectivity index (χ4n) is 2.21. The van der Waals surface area contributed by atoms with E-state index >= 15 is 0 Å². The molecule has 1 heterocycles. The average Bonchev–Trinajstić information content (AvgIpc) is 2.47. The first-order valence-electron chi connectivity index (χ1n) is 6.97. The van der Waals surface area contributed by atoms with Gasteiger partial charge >= 0.3 is 6.03 Å². The van der Waals surface area contributed by atoms with Crippen LogP contribution in [0.5, 0.6) is 0 Å². The minimum Gasteiger partial charge on any atom is -0.377 e. The minimum atomic E-state index is -0.125. The maximum Gasteiger partial charge on any atom is 0.319 e. The highest BCUT2D eigenvalue weighted by molar-refractivity contribution is 7.99. The van der Waals surface area contributed by atoms with Crippen LogP contribution in [-0.4, -0.2) is 30.7 Å². The third-order valence-electron chi connectivity index (χ3n) is 3.46. The summed E-state index contributed by atoms with van der Waals surface area (Å²) in [6, 6.07) is 7.92. The van der Waals surface area contributed by atoms with E-state index in [0.717, 1.165) is 23.4 Å².